The van der Waals surface area contributed by atoms with E-state index < -0.39 is 5.97 Å². The van der Waals surface area contributed by atoms with Crippen LogP contribution in [0.3, 0.4) is 0 Å². The van der Waals surface area contributed by atoms with Crippen molar-refractivity contribution in [1.82, 2.24) is 0 Å². The smallest absolute Gasteiger partial charge is 0.342 e. The van der Waals surface area contributed by atoms with Crippen LogP contribution in [0, 0.1) is 0 Å². The van der Waals surface area contributed by atoms with Gasteiger partial charge < -0.3 is 14.6 Å². The Morgan fingerprint density at radius 3 is 2.68 bits per heavy atom. The fourth-order valence-corrected chi connectivity index (χ4v) is 3.80. The van der Waals surface area contributed by atoms with Crippen LogP contribution in [-0.2, 0) is 11.2 Å². The monoisotopic (exact) mass is 392 g/mol. The Morgan fingerprint density at radius 2 is 2.11 bits per heavy atom. The third-order valence-electron chi connectivity index (χ3n) is 3.13. The maximum Gasteiger partial charge on any atom is 0.342 e. The van der Waals surface area contributed by atoms with Crippen LogP contribution < -0.4 is 4.74 Å². The number of ether oxygens (including phenoxy) is 2. The van der Waals surface area contributed by atoms with E-state index in [1.807, 2.05) is 6.92 Å². The summed E-state index contributed by atoms with van der Waals surface area (Å²) in [7, 11) is 1.52. The summed E-state index contributed by atoms with van der Waals surface area (Å²) in [4.78, 5) is 12.0. The number of phenolic OH excluding ortho intramolecular Hbond substituents is 1. The van der Waals surface area contributed by atoms with Crippen LogP contribution >= 0.6 is 31.9 Å². The molecular weight excluding hydrogens is 380 g/mol. The lowest BCUT2D eigenvalue weighted by Crippen LogP contribution is -2.28. The second-order valence-corrected chi connectivity index (χ2v) is 5.97. The van der Waals surface area contributed by atoms with Crippen LogP contribution in [0.4, 0.5) is 0 Å². The predicted octanol–water partition coefficient (Wildman–Crippen LogP) is 3.81. The number of esters is 1. The maximum atomic E-state index is 12.0. The highest BCUT2D eigenvalue weighted by Crippen LogP contribution is 2.47. The molecule has 1 aromatic carbocycles. The van der Waals surface area contributed by atoms with E-state index >= 15 is 0 Å². The van der Waals surface area contributed by atoms with Crippen LogP contribution in [0.5, 0.6) is 11.5 Å². The second kappa shape index (κ2) is 5.71. The molecule has 4 nitrogen and oxygen atoms in total. The zero-order chi connectivity index (χ0) is 14.2. The van der Waals surface area contributed by atoms with Gasteiger partial charge in [0, 0.05) is 6.42 Å². The van der Waals surface area contributed by atoms with E-state index in [4.69, 9.17) is 9.47 Å². The van der Waals surface area contributed by atoms with E-state index in [0.29, 0.717) is 21.1 Å². The van der Waals surface area contributed by atoms with E-state index in [-0.39, 0.29) is 17.4 Å². The summed E-state index contributed by atoms with van der Waals surface area (Å²) in [6.07, 6.45) is 2.17. The van der Waals surface area contributed by atoms with Gasteiger partial charge in [0.1, 0.15) is 21.9 Å². The minimum atomic E-state index is -0.485. The average Bonchev–Trinajstić information content (AvgIpc) is 2.37. The van der Waals surface area contributed by atoms with Crippen molar-refractivity contribution in [3.05, 3.63) is 20.1 Å². The molecule has 0 spiro atoms. The Labute approximate surface area is 128 Å². The van der Waals surface area contributed by atoms with Crippen molar-refractivity contribution in [3.8, 4) is 11.5 Å². The summed E-state index contributed by atoms with van der Waals surface area (Å²) in [6, 6.07) is 0. The number of rotatable bonds is 3. The molecule has 1 N–H and O–H groups in total. The first-order valence-electron chi connectivity index (χ1n) is 5.99. The normalized spacial score (nSPS) is 17.9. The molecule has 2 rings (SSSR count). The summed E-state index contributed by atoms with van der Waals surface area (Å²) < 4.78 is 11.6. The molecule has 0 amide bonds. The summed E-state index contributed by atoms with van der Waals surface area (Å²) >= 11 is 6.68. The Kier molecular flexibility index (Phi) is 4.40. The molecule has 0 fully saturated rings. The van der Waals surface area contributed by atoms with Gasteiger partial charge >= 0.3 is 5.97 Å². The van der Waals surface area contributed by atoms with Crippen molar-refractivity contribution >= 4 is 37.8 Å². The number of phenols is 1. The number of carbonyl (C=O) groups excluding carboxylic acids is 1. The van der Waals surface area contributed by atoms with Crippen molar-refractivity contribution < 1.29 is 19.4 Å². The van der Waals surface area contributed by atoms with Crippen LogP contribution in [0.25, 0.3) is 0 Å². The highest BCUT2D eigenvalue weighted by Gasteiger charge is 2.33. The van der Waals surface area contributed by atoms with Crippen molar-refractivity contribution in [2.45, 2.75) is 32.3 Å². The highest BCUT2D eigenvalue weighted by atomic mass is 79.9. The van der Waals surface area contributed by atoms with Crippen molar-refractivity contribution in [2.24, 2.45) is 0 Å². The van der Waals surface area contributed by atoms with Gasteiger partial charge in [-0.3, -0.25) is 0 Å². The van der Waals surface area contributed by atoms with Gasteiger partial charge in [-0.1, -0.05) is 13.3 Å². The minimum absolute atomic E-state index is 0.130. The summed E-state index contributed by atoms with van der Waals surface area (Å²) in [5, 5.41) is 10.1. The largest absolute Gasteiger partial charge is 0.506 e. The van der Waals surface area contributed by atoms with Crippen LogP contribution in [0.2, 0.25) is 0 Å². The Hall–Kier alpha value is -0.750. The number of hydrogen-bond acceptors (Lipinski definition) is 4. The lowest BCUT2D eigenvalue weighted by Gasteiger charge is -2.27. The molecule has 0 saturated carbocycles. The Morgan fingerprint density at radius 1 is 1.42 bits per heavy atom. The number of methoxy groups -OCH3 is 1. The number of fused-ring (bicyclic) bond motifs is 1. The minimum Gasteiger partial charge on any atom is -0.506 e. The number of halogens is 2. The molecule has 0 bridgehead atoms. The highest BCUT2D eigenvalue weighted by molar-refractivity contribution is 9.11. The van der Waals surface area contributed by atoms with Crippen LogP contribution in [0.1, 0.15) is 35.7 Å². The number of hydrogen-bond donors (Lipinski definition) is 1. The third kappa shape index (κ3) is 2.48. The van der Waals surface area contributed by atoms with Gasteiger partial charge in [0.25, 0.3) is 0 Å². The standard InChI is InChI=1S/C13H14Br2O4/c1-3-4-6-5-7-8(13(17)19-6)11(16)10(15)12(18-2)9(7)14/h6,16H,3-5H2,1-2H3. The van der Waals surface area contributed by atoms with E-state index in [1.54, 1.807) is 0 Å². The number of carbonyl (C=O) groups is 1. The molecule has 19 heavy (non-hydrogen) atoms. The summed E-state index contributed by atoms with van der Waals surface area (Å²) in [5.41, 5.74) is 0.958. The molecule has 1 heterocycles. The van der Waals surface area contributed by atoms with Crippen molar-refractivity contribution in [1.29, 1.82) is 0 Å². The number of aromatic hydroxyl groups is 1. The molecule has 1 aliphatic rings. The van der Waals surface area contributed by atoms with Gasteiger partial charge in [0.05, 0.1) is 11.6 Å². The lowest BCUT2D eigenvalue weighted by molar-refractivity contribution is 0.0231. The summed E-state index contributed by atoms with van der Waals surface area (Å²) in [6.45, 7) is 2.04. The molecule has 0 radical (unpaired) electrons. The van der Waals surface area contributed by atoms with E-state index in [2.05, 4.69) is 31.9 Å². The molecule has 1 aliphatic heterocycles. The molecule has 0 aliphatic carbocycles. The predicted molar refractivity (Wildman–Crippen MR) is 77.9 cm³/mol. The fraction of sp³-hybridized carbons (Fsp3) is 0.462. The van der Waals surface area contributed by atoms with E-state index in [9.17, 15) is 9.90 Å². The Bertz CT molecular complexity index is 528. The molecule has 0 aromatic heterocycles. The molecule has 1 unspecified atom stereocenters. The van der Waals surface area contributed by atoms with Crippen LogP contribution in [0.15, 0.2) is 8.95 Å². The average molecular weight is 394 g/mol. The lowest BCUT2D eigenvalue weighted by atomic mass is 9.95. The van der Waals surface area contributed by atoms with Crippen LogP contribution in [-0.4, -0.2) is 24.3 Å². The maximum absolute atomic E-state index is 12.0. The number of benzene rings is 1. The zero-order valence-electron chi connectivity index (χ0n) is 10.6. The van der Waals surface area contributed by atoms with Gasteiger partial charge in [-0.15, -0.1) is 0 Å². The van der Waals surface area contributed by atoms with E-state index in [1.165, 1.54) is 7.11 Å². The van der Waals surface area contributed by atoms with Gasteiger partial charge in [-0.2, -0.15) is 0 Å². The Balaban J connectivity index is 2.58. The molecule has 0 saturated heterocycles. The first kappa shape index (κ1) is 14.7. The number of cyclic esters (lactones) is 1. The molecule has 6 heteroatoms. The SMILES string of the molecule is CCCC1Cc2c(Br)c(OC)c(Br)c(O)c2C(=O)O1. The quantitative estimate of drug-likeness (QED) is 0.793. The fourth-order valence-electron chi connectivity index (χ4n) is 2.26. The molecule has 1 atom stereocenters. The molecular formula is C13H14Br2O4. The molecule has 104 valence electrons. The molecule has 1 aromatic rings. The second-order valence-electron chi connectivity index (χ2n) is 4.38. The van der Waals surface area contributed by atoms with Gasteiger partial charge in [-0.05, 0) is 43.8 Å². The van der Waals surface area contributed by atoms with E-state index in [0.717, 1.165) is 18.4 Å². The van der Waals surface area contributed by atoms with Gasteiger partial charge in [0.2, 0.25) is 0 Å². The van der Waals surface area contributed by atoms with Gasteiger partial charge in [-0.25, -0.2) is 4.79 Å². The first-order chi connectivity index (χ1) is 9.01. The van der Waals surface area contributed by atoms with Gasteiger partial charge in [0.15, 0.2) is 5.75 Å². The first-order valence-corrected chi connectivity index (χ1v) is 7.57. The summed E-state index contributed by atoms with van der Waals surface area (Å²) in [5.74, 6) is -0.127. The van der Waals surface area contributed by atoms with Crippen molar-refractivity contribution in [3.63, 3.8) is 0 Å². The van der Waals surface area contributed by atoms with Crippen molar-refractivity contribution in [2.75, 3.05) is 7.11 Å². The third-order valence-corrected chi connectivity index (χ3v) is 4.71. The zero-order valence-corrected chi connectivity index (χ0v) is 13.8. The topological polar surface area (TPSA) is 55.8 Å².